The first-order valence-corrected chi connectivity index (χ1v) is 18.1. The molecule has 8 aromatic rings. The average molecular weight is 664 g/mol. The highest BCUT2D eigenvalue weighted by Gasteiger charge is 2.23. The molecule has 8 rings (SSSR count). The van der Waals surface area contributed by atoms with Crippen molar-refractivity contribution in [3.8, 4) is 39.4 Å². The molecule has 6 aromatic carbocycles. The minimum absolute atomic E-state index is 0.125. The number of nitrogens with zero attached hydrogens (tertiary/aromatic N) is 3. The van der Waals surface area contributed by atoms with E-state index in [1.165, 1.54) is 47.9 Å². The molecule has 0 aliphatic heterocycles. The number of fused-ring (bicyclic) bond motifs is 4. The lowest BCUT2D eigenvalue weighted by molar-refractivity contribution is 0.667. The van der Waals surface area contributed by atoms with Crippen LogP contribution in [0.25, 0.3) is 71.6 Å². The van der Waals surface area contributed by atoms with Gasteiger partial charge in [-0.15, -0.1) is 0 Å². The summed E-state index contributed by atoms with van der Waals surface area (Å²) >= 11 is 0. The van der Waals surface area contributed by atoms with Crippen LogP contribution in [-0.4, -0.2) is 9.38 Å². The number of hydrogen-bond acceptors (Lipinski definition) is 3. The highest BCUT2D eigenvalue weighted by Crippen LogP contribution is 2.42. The number of aromatic nitrogens is 2. The van der Waals surface area contributed by atoms with Crippen molar-refractivity contribution in [1.82, 2.24) is 9.38 Å². The first-order valence-electron chi connectivity index (χ1n) is 18.1. The molecule has 0 saturated carbocycles. The molecule has 0 amide bonds. The maximum atomic E-state index is 14.8. The molecule has 51 heavy (non-hydrogen) atoms. The Kier molecular flexibility index (Phi) is 8.16. The Morgan fingerprint density at radius 1 is 0.667 bits per heavy atom. The molecule has 2 heterocycles. The Bertz CT molecular complexity index is 2700. The summed E-state index contributed by atoms with van der Waals surface area (Å²) in [6.07, 6.45) is 5.99. The van der Waals surface area contributed by atoms with E-state index < -0.39 is 0 Å². The van der Waals surface area contributed by atoms with Crippen LogP contribution in [0.15, 0.2) is 102 Å². The summed E-state index contributed by atoms with van der Waals surface area (Å²) in [5.41, 5.74) is 15.0. The smallest absolute Gasteiger partial charge is 0.264 e. The van der Waals surface area contributed by atoms with Crippen LogP contribution in [0.5, 0.6) is 0 Å². The number of pyridine rings is 1. The molecule has 0 aliphatic rings. The summed E-state index contributed by atoms with van der Waals surface area (Å²) in [7, 11) is 0. The first-order chi connectivity index (χ1) is 24.8. The standard InChI is InChI=1S/C47H41N3O/c1-6-7-8-9-16-32-17-19-33(20-18-32)36-23-24-38-44-37(22-21-34(27-48)43(36)44)46-49-45-39(42-30(4)14-11-15-31(42)5)25-35(26-40(45)50(46)47(38)51)41-28(2)12-10-13-29(41)3/h10-15,17-26H,6-9,16H2,1-5H3. The second kappa shape index (κ2) is 12.8. The lowest BCUT2D eigenvalue weighted by Gasteiger charge is -2.15. The van der Waals surface area contributed by atoms with Crippen molar-refractivity contribution in [3.63, 3.8) is 0 Å². The van der Waals surface area contributed by atoms with Crippen molar-refractivity contribution in [2.75, 3.05) is 0 Å². The number of nitriles is 1. The number of benzene rings is 6. The van der Waals surface area contributed by atoms with E-state index in [2.05, 4.69) is 113 Å². The van der Waals surface area contributed by atoms with Gasteiger partial charge in [0, 0.05) is 27.1 Å². The van der Waals surface area contributed by atoms with E-state index >= 15 is 0 Å². The maximum absolute atomic E-state index is 14.8. The Morgan fingerprint density at radius 3 is 2.00 bits per heavy atom. The zero-order chi connectivity index (χ0) is 35.4. The largest absolute Gasteiger partial charge is 0.268 e. The van der Waals surface area contributed by atoms with Gasteiger partial charge in [0.05, 0.1) is 22.7 Å². The predicted octanol–water partition coefficient (Wildman–Crippen LogP) is 11.8. The van der Waals surface area contributed by atoms with E-state index in [4.69, 9.17) is 4.98 Å². The van der Waals surface area contributed by atoms with Gasteiger partial charge >= 0.3 is 0 Å². The monoisotopic (exact) mass is 663 g/mol. The fourth-order valence-electron chi connectivity index (χ4n) is 8.33. The average Bonchev–Trinajstić information content (AvgIpc) is 3.52. The number of rotatable bonds is 8. The highest BCUT2D eigenvalue weighted by atomic mass is 16.1. The summed E-state index contributed by atoms with van der Waals surface area (Å²) in [5.74, 6) is 0. The molecular formula is C47H41N3O. The Labute approximate surface area is 299 Å². The van der Waals surface area contributed by atoms with Crippen molar-refractivity contribution in [2.45, 2.75) is 66.7 Å². The predicted molar refractivity (Wildman–Crippen MR) is 213 cm³/mol. The third kappa shape index (κ3) is 5.27. The molecule has 0 aliphatic carbocycles. The van der Waals surface area contributed by atoms with Gasteiger partial charge in [-0.05, 0) is 127 Å². The normalized spacial score (nSPS) is 11.7. The SMILES string of the molecule is CCCCCCc1ccc(-c2ccc3c(=O)n4c5cc(-c6c(C)cccc6C)cc(-c6c(C)cccc6C)c5nc4c4ccc(C#N)c2c34)cc1. The molecule has 2 aromatic heterocycles. The molecule has 250 valence electrons. The number of hydrogen-bond donors (Lipinski definition) is 0. The van der Waals surface area contributed by atoms with Crippen molar-refractivity contribution in [2.24, 2.45) is 0 Å². The van der Waals surface area contributed by atoms with Gasteiger partial charge < -0.3 is 0 Å². The summed E-state index contributed by atoms with van der Waals surface area (Å²) in [4.78, 5) is 20.1. The van der Waals surface area contributed by atoms with Gasteiger partial charge in [-0.25, -0.2) is 4.98 Å². The molecule has 4 heteroatoms. The van der Waals surface area contributed by atoms with E-state index in [0.29, 0.717) is 16.6 Å². The lowest BCUT2D eigenvalue weighted by atomic mass is 9.89. The Balaban J connectivity index is 1.43. The Morgan fingerprint density at radius 2 is 1.33 bits per heavy atom. The molecule has 0 unspecified atom stereocenters. The number of aryl methyl sites for hydroxylation is 5. The summed E-state index contributed by atoms with van der Waals surface area (Å²) in [5, 5.41) is 13.4. The minimum atomic E-state index is -0.125. The Hall–Kier alpha value is -5.79. The van der Waals surface area contributed by atoms with Crippen molar-refractivity contribution in [3.05, 3.63) is 141 Å². The molecule has 0 radical (unpaired) electrons. The van der Waals surface area contributed by atoms with E-state index in [9.17, 15) is 10.1 Å². The molecule has 0 spiro atoms. The van der Waals surface area contributed by atoms with Crippen LogP contribution in [0.4, 0.5) is 0 Å². The van der Waals surface area contributed by atoms with Gasteiger partial charge in [-0.2, -0.15) is 5.26 Å². The molecule has 0 saturated heterocycles. The van der Waals surface area contributed by atoms with Gasteiger partial charge in [-0.1, -0.05) is 92.9 Å². The summed E-state index contributed by atoms with van der Waals surface area (Å²) in [6, 6.07) is 36.1. The van der Waals surface area contributed by atoms with Crippen molar-refractivity contribution >= 4 is 38.2 Å². The minimum Gasteiger partial charge on any atom is -0.268 e. The maximum Gasteiger partial charge on any atom is 0.264 e. The van der Waals surface area contributed by atoms with Crippen LogP contribution in [0.2, 0.25) is 0 Å². The quantitative estimate of drug-likeness (QED) is 0.152. The zero-order valence-corrected chi connectivity index (χ0v) is 30.0. The molecule has 0 N–H and O–H groups in total. The van der Waals surface area contributed by atoms with Gasteiger partial charge in [-0.3, -0.25) is 9.20 Å². The van der Waals surface area contributed by atoms with Gasteiger partial charge in [0.25, 0.3) is 5.56 Å². The van der Waals surface area contributed by atoms with Gasteiger partial charge in [0.15, 0.2) is 0 Å². The van der Waals surface area contributed by atoms with Crippen LogP contribution >= 0.6 is 0 Å². The topological polar surface area (TPSA) is 58.2 Å². The third-order valence-corrected chi connectivity index (χ3v) is 10.8. The summed E-state index contributed by atoms with van der Waals surface area (Å²) in [6.45, 7) is 10.8. The molecule has 4 nitrogen and oxygen atoms in total. The highest BCUT2D eigenvalue weighted by molar-refractivity contribution is 6.21. The third-order valence-electron chi connectivity index (χ3n) is 10.8. The molecule has 0 atom stereocenters. The van der Waals surface area contributed by atoms with Crippen LogP contribution in [0, 0.1) is 39.0 Å². The van der Waals surface area contributed by atoms with Crippen molar-refractivity contribution in [1.29, 1.82) is 5.26 Å². The van der Waals surface area contributed by atoms with Crippen molar-refractivity contribution < 1.29 is 0 Å². The number of imidazole rings is 1. The van der Waals surface area contributed by atoms with E-state index in [1.807, 2.05) is 24.3 Å². The van der Waals surface area contributed by atoms with Crippen LogP contribution in [0.3, 0.4) is 0 Å². The second-order valence-electron chi connectivity index (χ2n) is 14.2. The van der Waals surface area contributed by atoms with Gasteiger partial charge in [0.1, 0.15) is 5.65 Å². The van der Waals surface area contributed by atoms with Crippen LogP contribution in [-0.2, 0) is 6.42 Å². The van der Waals surface area contributed by atoms with Crippen LogP contribution < -0.4 is 5.56 Å². The molecular weight excluding hydrogens is 623 g/mol. The lowest BCUT2D eigenvalue weighted by Crippen LogP contribution is -2.13. The molecule has 0 bridgehead atoms. The summed E-state index contributed by atoms with van der Waals surface area (Å²) < 4.78 is 1.81. The fourth-order valence-corrected chi connectivity index (χ4v) is 8.33. The van der Waals surface area contributed by atoms with E-state index in [-0.39, 0.29) is 5.56 Å². The van der Waals surface area contributed by atoms with E-state index in [0.717, 1.165) is 72.6 Å². The first kappa shape index (κ1) is 32.4. The fraction of sp³-hybridized carbons (Fsp3) is 0.213. The zero-order valence-electron chi connectivity index (χ0n) is 30.0. The van der Waals surface area contributed by atoms with E-state index in [1.54, 1.807) is 4.40 Å². The molecule has 0 fully saturated rings. The number of unbranched alkanes of at least 4 members (excludes halogenated alkanes) is 3. The van der Waals surface area contributed by atoms with Gasteiger partial charge in [0.2, 0.25) is 0 Å². The van der Waals surface area contributed by atoms with Crippen LogP contribution in [0.1, 0.15) is 66.0 Å². The second-order valence-corrected chi connectivity index (χ2v) is 14.2.